The van der Waals surface area contributed by atoms with Gasteiger partial charge in [0.25, 0.3) is 0 Å². The molecule has 14 aromatic carbocycles. The molecule has 0 unspecified atom stereocenters. The second-order valence-corrected chi connectivity index (χ2v) is 31.9. The molecule has 1 aliphatic rings. The SMILES string of the molecule is CCc1ccc(OC(=O)C2CCCCC2)cc1.CCc1ccc(OC(=O)c2cc(C)ccc2Cl)cc1.CCc1ccc(OC(=O)c2cc(C)ccc2OC(C)=O)cc1.CCc1ccc(OC(=O)c2ccc(C)cc2OC(C)=O)cc1.CCc1ccc(OC(=O)c2cccc3ccccc23)cc1.CCc1ccc(OC(=O)c2ccccc2)cc1.CCc1ccc(OC(=O)c2ccccc2)cc1. The fourth-order valence-electron chi connectivity index (χ4n) is 13.5. The summed E-state index contributed by atoms with van der Waals surface area (Å²) in [6.45, 7) is 22.8. The Morgan fingerprint density at radius 2 is 0.556 bits per heavy atom. The first kappa shape index (κ1) is 104. The lowest BCUT2D eigenvalue weighted by Crippen LogP contribution is -2.22. The molecule has 14 aromatic rings. The molecule has 0 aromatic heterocycles. The molecule has 0 N–H and O–H groups in total. The lowest BCUT2D eigenvalue weighted by Gasteiger charge is -2.19. The van der Waals surface area contributed by atoms with Gasteiger partial charge < -0.3 is 42.6 Å². The van der Waals surface area contributed by atoms with E-state index in [9.17, 15) is 43.2 Å². The number of carbonyl (C=O) groups excluding carboxylic acids is 9. The number of ether oxygens (including phenoxy) is 9. The van der Waals surface area contributed by atoms with Crippen LogP contribution >= 0.6 is 11.6 Å². The number of aryl methyl sites for hydroxylation is 10. The molecule has 0 saturated heterocycles. The minimum Gasteiger partial charge on any atom is -0.426 e. The van der Waals surface area contributed by atoms with Gasteiger partial charge in [-0.25, -0.2) is 28.8 Å². The van der Waals surface area contributed by atoms with Crippen molar-refractivity contribution in [3.8, 4) is 51.7 Å². The van der Waals surface area contributed by atoms with Crippen LogP contribution in [0, 0.1) is 26.7 Å². The molecule has 0 spiro atoms. The minimum atomic E-state index is -0.555. The van der Waals surface area contributed by atoms with E-state index in [1.54, 1.807) is 115 Å². The summed E-state index contributed by atoms with van der Waals surface area (Å²) in [7, 11) is 0. The maximum Gasteiger partial charge on any atom is 0.347 e. The largest absolute Gasteiger partial charge is 0.426 e. The second-order valence-electron chi connectivity index (χ2n) is 31.5. The zero-order valence-electron chi connectivity index (χ0n) is 78.5. The third-order valence-corrected chi connectivity index (χ3v) is 21.7. The third-order valence-electron chi connectivity index (χ3n) is 21.3. The molecule has 1 fully saturated rings. The van der Waals surface area contributed by atoms with Gasteiger partial charge >= 0.3 is 53.7 Å². The van der Waals surface area contributed by atoms with Crippen LogP contribution in [0.2, 0.25) is 5.02 Å². The zero-order valence-corrected chi connectivity index (χ0v) is 79.2. The van der Waals surface area contributed by atoms with Gasteiger partial charge in [-0.15, -0.1) is 0 Å². The van der Waals surface area contributed by atoms with E-state index in [-0.39, 0.29) is 52.4 Å². The smallest absolute Gasteiger partial charge is 0.347 e. The van der Waals surface area contributed by atoms with Crippen molar-refractivity contribution >= 4 is 76.1 Å². The highest BCUT2D eigenvalue weighted by Gasteiger charge is 2.24. The van der Waals surface area contributed by atoms with E-state index >= 15 is 0 Å². The predicted molar refractivity (Wildman–Crippen MR) is 531 cm³/mol. The molecule has 0 atom stereocenters. The number of benzene rings is 14. The fourth-order valence-corrected chi connectivity index (χ4v) is 13.7. The number of halogens is 1. The van der Waals surface area contributed by atoms with Crippen molar-refractivity contribution in [2.75, 3.05) is 0 Å². The average molecular weight is 1830 g/mol. The van der Waals surface area contributed by atoms with E-state index in [0.29, 0.717) is 67.5 Å². The van der Waals surface area contributed by atoms with Crippen molar-refractivity contribution in [2.45, 2.75) is 160 Å². The molecular weight excluding hydrogens is 1720 g/mol. The number of rotatable bonds is 23. The van der Waals surface area contributed by atoms with Crippen LogP contribution in [0.3, 0.4) is 0 Å². The summed E-state index contributed by atoms with van der Waals surface area (Å²) in [6.07, 6.45) is 12.3. The van der Waals surface area contributed by atoms with Gasteiger partial charge in [0.15, 0.2) is 0 Å². The monoisotopic (exact) mass is 1830 g/mol. The van der Waals surface area contributed by atoms with Gasteiger partial charge in [-0.05, 0) is 291 Å². The highest BCUT2D eigenvalue weighted by atomic mass is 35.5. The standard InChI is InChI=1S/C19H16O2.2C18H18O4.C16H15ClO2.C15H20O2.2C15H14O2/c1-2-14-10-12-16(13-11-14)21-19(20)18-9-5-7-15-6-3-4-8-17(15)18;1-4-14-6-8-15(9-7-14)22-18(20)16-11-12(2)5-10-17(16)21-13(3)19;1-4-14-6-8-15(9-7-14)22-18(20)16-10-5-12(2)11-17(16)21-13(3)19;1-3-12-5-7-13(8-6-12)19-16(18)14-10-11(2)4-9-15(14)17;3*1-2-12-8-10-14(11-9-12)17-15(16)13-6-4-3-5-7-13/h3-13H,2H2,1H3;2*5-11H,4H2,1-3H3;4-10H,3H2,1-2H3;8-11,13H,2-7H2,1H3;2*3-11H,2H2,1H3. The fraction of sp³-hybridized carbons (Fsp3) is 0.216. The van der Waals surface area contributed by atoms with Crippen molar-refractivity contribution in [1.29, 1.82) is 0 Å². The Bertz CT molecular complexity index is 6090. The Morgan fingerprint density at radius 3 is 0.933 bits per heavy atom. The maximum atomic E-state index is 12.4. The lowest BCUT2D eigenvalue weighted by atomic mass is 9.89. The molecule has 694 valence electrons. The van der Waals surface area contributed by atoms with Crippen LogP contribution < -0.4 is 42.6 Å². The molecule has 135 heavy (non-hydrogen) atoms. The van der Waals surface area contributed by atoms with Crippen molar-refractivity contribution in [3.63, 3.8) is 0 Å². The summed E-state index contributed by atoms with van der Waals surface area (Å²) < 4.78 is 47.5. The highest BCUT2D eigenvalue weighted by Crippen LogP contribution is 2.31. The van der Waals surface area contributed by atoms with Crippen LogP contribution in [0.15, 0.2) is 328 Å². The highest BCUT2D eigenvalue weighted by molar-refractivity contribution is 6.33. The van der Waals surface area contributed by atoms with Crippen LogP contribution in [0.1, 0.15) is 212 Å². The molecule has 0 bridgehead atoms. The minimum absolute atomic E-state index is 0.0473. The van der Waals surface area contributed by atoms with Crippen molar-refractivity contribution in [2.24, 2.45) is 5.92 Å². The Labute approximate surface area is 796 Å². The number of hydrogen-bond acceptors (Lipinski definition) is 18. The average Bonchev–Trinajstić information content (AvgIpc) is 0.811. The van der Waals surface area contributed by atoms with E-state index in [1.165, 1.54) is 48.1 Å². The van der Waals surface area contributed by atoms with Gasteiger partial charge in [0.2, 0.25) is 0 Å². The number of hydrogen-bond donors (Lipinski definition) is 0. The van der Waals surface area contributed by atoms with E-state index in [4.69, 9.17) is 54.2 Å². The normalized spacial score (nSPS) is 11.0. The van der Waals surface area contributed by atoms with Crippen LogP contribution in [0.5, 0.6) is 51.7 Å². The van der Waals surface area contributed by atoms with Gasteiger partial charge in [-0.1, -0.05) is 261 Å². The van der Waals surface area contributed by atoms with Gasteiger partial charge in [-0.2, -0.15) is 0 Å². The molecule has 19 heteroatoms. The number of fused-ring (bicyclic) bond motifs is 1. The summed E-state index contributed by atoms with van der Waals surface area (Å²) in [5.74, 6) is 0.865. The summed E-state index contributed by atoms with van der Waals surface area (Å²) in [5.41, 5.74) is 13.8. The zero-order chi connectivity index (χ0) is 97.0. The Hall–Kier alpha value is -15.1. The summed E-state index contributed by atoms with van der Waals surface area (Å²) in [5, 5.41) is 2.35. The second kappa shape index (κ2) is 54.6. The Morgan fingerprint density at radius 1 is 0.259 bits per heavy atom. The molecular formula is C116H115ClO18. The lowest BCUT2D eigenvalue weighted by molar-refractivity contribution is -0.140. The molecule has 15 rings (SSSR count). The molecule has 0 amide bonds. The number of carbonyl (C=O) groups is 9. The summed E-state index contributed by atoms with van der Waals surface area (Å²) in [6, 6.07) is 99.4. The molecule has 0 aliphatic heterocycles. The first-order chi connectivity index (χ1) is 65.2. The van der Waals surface area contributed by atoms with Crippen molar-refractivity contribution < 1.29 is 85.8 Å². The van der Waals surface area contributed by atoms with Crippen LogP contribution in [0.25, 0.3) is 10.8 Å². The molecule has 1 aliphatic carbocycles. The van der Waals surface area contributed by atoms with Gasteiger partial charge in [0.1, 0.15) is 62.9 Å². The third kappa shape index (κ3) is 34.5. The topological polar surface area (TPSA) is 237 Å². The summed E-state index contributed by atoms with van der Waals surface area (Å²) >= 11 is 6.00. The first-order valence-corrected chi connectivity index (χ1v) is 45.7. The predicted octanol–water partition coefficient (Wildman–Crippen LogP) is 27.1. The van der Waals surface area contributed by atoms with Crippen molar-refractivity contribution in [1.82, 2.24) is 0 Å². The number of esters is 9. The molecule has 18 nitrogen and oxygen atoms in total. The van der Waals surface area contributed by atoms with E-state index in [0.717, 1.165) is 109 Å². The van der Waals surface area contributed by atoms with E-state index in [1.807, 2.05) is 233 Å². The van der Waals surface area contributed by atoms with Gasteiger partial charge in [0, 0.05) is 13.8 Å². The summed E-state index contributed by atoms with van der Waals surface area (Å²) in [4.78, 5) is 107. The van der Waals surface area contributed by atoms with Crippen LogP contribution in [-0.4, -0.2) is 53.7 Å². The molecule has 0 heterocycles. The maximum absolute atomic E-state index is 12.4. The molecule has 1 saturated carbocycles. The first-order valence-electron chi connectivity index (χ1n) is 45.3. The molecule has 0 radical (unpaired) electrons. The van der Waals surface area contributed by atoms with Gasteiger partial charge in [0.05, 0.1) is 33.2 Å². The quantitative estimate of drug-likeness (QED) is 0.0427. The van der Waals surface area contributed by atoms with Gasteiger partial charge in [-0.3, -0.25) is 14.4 Å². The Kier molecular flexibility index (Phi) is 41.9. The van der Waals surface area contributed by atoms with Crippen LogP contribution in [0.4, 0.5) is 0 Å². The van der Waals surface area contributed by atoms with E-state index in [2.05, 4.69) is 48.5 Å². The van der Waals surface area contributed by atoms with Crippen molar-refractivity contribution in [3.05, 3.63) is 422 Å². The van der Waals surface area contributed by atoms with E-state index < -0.39 is 29.8 Å². The Balaban J connectivity index is 0.000000177. The van der Waals surface area contributed by atoms with Crippen LogP contribution in [-0.2, 0) is 59.3 Å².